The van der Waals surface area contributed by atoms with Gasteiger partial charge < -0.3 is 24.2 Å². The summed E-state index contributed by atoms with van der Waals surface area (Å²) in [6, 6.07) is 0. The molecule has 0 aromatic heterocycles. The first kappa shape index (κ1) is 48.6. The Labute approximate surface area is 310 Å². The summed E-state index contributed by atoms with van der Waals surface area (Å²) in [6.45, 7) is 11.7. The van der Waals surface area contributed by atoms with Crippen molar-refractivity contribution in [1.82, 2.24) is 4.90 Å². The minimum atomic E-state index is -0.116. The van der Waals surface area contributed by atoms with Crippen LogP contribution in [0.2, 0.25) is 0 Å². The molecule has 0 amide bonds. The van der Waals surface area contributed by atoms with Gasteiger partial charge in [0, 0.05) is 26.0 Å². The maximum atomic E-state index is 12.6. The zero-order valence-corrected chi connectivity index (χ0v) is 33.4. The molecular weight excluding hydrogens is 626 g/mol. The average molecular weight is 710 g/mol. The first-order valence-corrected chi connectivity index (χ1v) is 21.5. The number of aliphatic hydroxyl groups excluding tert-OH is 1. The van der Waals surface area contributed by atoms with E-state index in [4.69, 9.17) is 14.2 Å². The monoisotopic (exact) mass is 710 g/mol. The van der Waals surface area contributed by atoms with Crippen molar-refractivity contribution in [3.05, 3.63) is 12.2 Å². The van der Waals surface area contributed by atoms with Gasteiger partial charge in [-0.3, -0.25) is 9.59 Å². The van der Waals surface area contributed by atoms with Crippen molar-refractivity contribution in [2.45, 2.75) is 207 Å². The topological polar surface area (TPSA) is 85.3 Å². The first-order valence-electron chi connectivity index (χ1n) is 21.5. The fraction of sp³-hybridized carbons (Fsp3) is 0.907. The third-order valence-corrected chi connectivity index (χ3v) is 9.48. The fourth-order valence-electron chi connectivity index (χ4n) is 6.24. The number of esters is 2. The highest BCUT2D eigenvalue weighted by Gasteiger charge is 2.14. The highest BCUT2D eigenvalue weighted by atomic mass is 16.5. The van der Waals surface area contributed by atoms with Crippen LogP contribution in [0.4, 0.5) is 0 Å². The van der Waals surface area contributed by atoms with Crippen molar-refractivity contribution >= 4 is 11.9 Å². The van der Waals surface area contributed by atoms with Crippen LogP contribution in [0, 0.1) is 0 Å². The number of ether oxygens (including phenoxy) is 3. The zero-order chi connectivity index (χ0) is 36.6. The largest absolute Gasteiger partial charge is 0.465 e. The molecule has 7 heteroatoms. The summed E-state index contributed by atoms with van der Waals surface area (Å²) in [5.41, 5.74) is 0. The Morgan fingerprint density at radius 1 is 0.560 bits per heavy atom. The molecule has 0 rings (SSSR count). The van der Waals surface area contributed by atoms with Gasteiger partial charge in [0.25, 0.3) is 0 Å². The SMILES string of the molecule is CCCCCC/C=C\CC(=O)OCCCCCCCN(CCO)CCCCCCCC(=O)OC(CCCCCCCC)CCOCCCCC. The van der Waals surface area contributed by atoms with Crippen LogP contribution in [0.15, 0.2) is 12.2 Å². The maximum Gasteiger partial charge on any atom is 0.309 e. The van der Waals surface area contributed by atoms with Crippen molar-refractivity contribution in [2.24, 2.45) is 0 Å². The minimum Gasteiger partial charge on any atom is -0.465 e. The molecule has 0 saturated carbocycles. The van der Waals surface area contributed by atoms with Crippen molar-refractivity contribution < 1.29 is 28.9 Å². The molecule has 0 saturated heterocycles. The number of aliphatic hydroxyl groups is 1. The third-order valence-electron chi connectivity index (χ3n) is 9.48. The van der Waals surface area contributed by atoms with Crippen LogP contribution in [-0.4, -0.2) is 74.1 Å². The standard InChI is InChI=1S/C43H83NO6/c1-4-7-10-12-14-18-24-31-42(46)49-39-29-22-16-21-27-35-44(36-37-45)34-26-20-15-19-25-32-43(47)50-41(30-23-17-13-11-8-5-2)33-40-48-38-28-9-6-3/h18,24,41,45H,4-17,19-23,25-40H2,1-3H3/b24-18-. The summed E-state index contributed by atoms with van der Waals surface area (Å²) in [5.74, 6) is -0.160. The molecule has 0 radical (unpaired) electrons. The molecule has 0 bridgehead atoms. The Morgan fingerprint density at radius 2 is 1.12 bits per heavy atom. The van der Waals surface area contributed by atoms with Gasteiger partial charge >= 0.3 is 11.9 Å². The first-order chi connectivity index (χ1) is 24.6. The van der Waals surface area contributed by atoms with Gasteiger partial charge in [-0.2, -0.15) is 0 Å². The Hall–Kier alpha value is -1.44. The molecule has 0 heterocycles. The van der Waals surface area contributed by atoms with Crippen molar-refractivity contribution in [1.29, 1.82) is 0 Å². The summed E-state index contributed by atoms with van der Waals surface area (Å²) < 4.78 is 17.1. The maximum absolute atomic E-state index is 12.6. The molecule has 0 aliphatic carbocycles. The van der Waals surface area contributed by atoms with Crippen molar-refractivity contribution in [3.63, 3.8) is 0 Å². The van der Waals surface area contributed by atoms with E-state index in [0.717, 1.165) is 116 Å². The number of rotatable bonds is 40. The smallest absolute Gasteiger partial charge is 0.309 e. The molecule has 0 aliphatic rings. The summed E-state index contributed by atoms with van der Waals surface area (Å²) in [4.78, 5) is 26.9. The Kier molecular flexibility index (Phi) is 39.2. The molecule has 0 aromatic rings. The molecule has 1 unspecified atom stereocenters. The summed E-state index contributed by atoms with van der Waals surface area (Å²) in [5, 5.41) is 9.52. The highest BCUT2D eigenvalue weighted by molar-refractivity contribution is 5.71. The minimum absolute atomic E-state index is 0.00992. The molecule has 0 spiro atoms. The van der Waals surface area contributed by atoms with Crippen LogP contribution < -0.4 is 0 Å². The molecule has 50 heavy (non-hydrogen) atoms. The molecule has 0 aromatic carbocycles. The lowest BCUT2D eigenvalue weighted by atomic mass is 10.1. The fourth-order valence-corrected chi connectivity index (χ4v) is 6.24. The van der Waals surface area contributed by atoms with E-state index in [2.05, 4.69) is 31.7 Å². The van der Waals surface area contributed by atoms with Gasteiger partial charge in [0.1, 0.15) is 6.10 Å². The zero-order valence-electron chi connectivity index (χ0n) is 33.4. The Balaban J connectivity index is 3.96. The molecule has 1 N–H and O–H groups in total. The van der Waals surface area contributed by atoms with Gasteiger partial charge in [0.05, 0.1) is 26.2 Å². The predicted octanol–water partition coefficient (Wildman–Crippen LogP) is 11.3. The van der Waals surface area contributed by atoms with Crippen LogP contribution in [0.3, 0.4) is 0 Å². The normalized spacial score (nSPS) is 12.3. The van der Waals surface area contributed by atoms with Crippen LogP contribution in [0.25, 0.3) is 0 Å². The van der Waals surface area contributed by atoms with Gasteiger partial charge in [-0.1, -0.05) is 136 Å². The van der Waals surface area contributed by atoms with Crippen LogP contribution >= 0.6 is 0 Å². The number of unbranched alkanes of at least 4 members (excludes halogenated alkanes) is 19. The van der Waals surface area contributed by atoms with E-state index in [-0.39, 0.29) is 24.6 Å². The lowest BCUT2D eigenvalue weighted by Gasteiger charge is -2.21. The molecule has 7 nitrogen and oxygen atoms in total. The average Bonchev–Trinajstić information content (AvgIpc) is 3.11. The van der Waals surface area contributed by atoms with Crippen LogP contribution in [-0.2, 0) is 23.8 Å². The van der Waals surface area contributed by atoms with E-state index < -0.39 is 0 Å². The molecular formula is C43H83NO6. The third kappa shape index (κ3) is 36.4. The Morgan fingerprint density at radius 3 is 1.80 bits per heavy atom. The lowest BCUT2D eigenvalue weighted by Crippen LogP contribution is -2.29. The van der Waals surface area contributed by atoms with Gasteiger partial charge in [-0.05, 0) is 70.9 Å². The van der Waals surface area contributed by atoms with E-state index in [1.165, 1.54) is 77.0 Å². The van der Waals surface area contributed by atoms with E-state index in [1.807, 2.05) is 6.08 Å². The summed E-state index contributed by atoms with van der Waals surface area (Å²) in [6.07, 6.45) is 34.6. The second-order valence-electron chi connectivity index (χ2n) is 14.4. The predicted molar refractivity (Wildman–Crippen MR) is 211 cm³/mol. The van der Waals surface area contributed by atoms with E-state index >= 15 is 0 Å². The molecule has 0 fully saturated rings. The number of allylic oxidation sites excluding steroid dienone is 1. The quantitative estimate of drug-likeness (QED) is 0.0385. The van der Waals surface area contributed by atoms with Crippen LogP contribution in [0.5, 0.6) is 0 Å². The highest BCUT2D eigenvalue weighted by Crippen LogP contribution is 2.16. The number of carbonyl (C=O) groups excluding carboxylic acids is 2. The van der Waals surface area contributed by atoms with Gasteiger partial charge in [-0.25, -0.2) is 0 Å². The molecule has 0 aliphatic heterocycles. The van der Waals surface area contributed by atoms with Crippen LogP contribution in [0.1, 0.15) is 201 Å². The van der Waals surface area contributed by atoms with E-state index in [9.17, 15) is 14.7 Å². The number of hydrogen-bond donors (Lipinski definition) is 1. The van der Waals surface area contributed by atoms with Crippen molar-refractivity contribution in [2.75, 3.05) is 46.1 Å². The van der Waals surface area contributed by atoms with E-state index in [0.29, 0.717) is 26.1 Å². The van der Waals surface area contributed by atoms with Crippen molar-refractivity contribution in [3.8, 4) is 0 Å². The number of carbonyl (C=O) groups is 2. The second kappa shape index (κ2) is 40.3. The number of hydrogen-bond acceptors (Lipinski definition) is 7. The summed E-state index contributed by atoms with van der Waals surface area (Å²) >= 11 is 0. The van der Waals surface area contributed by atoms with Gasteiger partial charge in [-0.15, -0.1) is 0 Å². The molecule has 296 valence electrons. The second-order valence-corrected chi connectivity index (χ2v) is 14.4. The molecule has 1 atom stereocenters. The van der Waals surface area contributed by atoms with Gasteiger partial charge in [0.15, 0.2) is 0 Å². The lowest BCUT2D eigenvalue weighted by molar-refractivity contribution is -0.150. The Bertz CT molecular complexity index is 729. The number of nitrogens with zero attached hydrogens (tertiary/aromatic N) is 1. The summed E-state index contributed by atoms with van der Waals surface area (Å²) in [7, 11) is 0. The van der Waals surface area contributed by atoms with E-state index in [1.54, 1.807) is 0 Å². The van der Waals surface area contributed by atoms with Gasteiger partial charge in [0.2, 0.25) is 0 Å².